The van der Waals surface area contributed by atoms with Crippen LogP contribution in [0.4, 0.5) is 11.6 Å². The summed E-state index contributed by atoms with van der Waals surface area (Å²) in [5.74, 6) is 0.711. The molecule has 138 valence electrons. The van der Waals surface area contributed by atoms with Gasteiger partial charge < -0.3 is 10.6 Å². The Morgan fingerprint density at radius 3 is 2.93 bits per heavy atom. The summed E-state index contributed by atoms with van der Waals surface area (Å²) in [6, 6.07) is 11.2. The van der Waals surface area contributed by atoms with Crippen LogP contribution in [0.5, 0.6) is 0 Å². The molecule has 4 rings (SSSR count). The van der Waals surface area contributed by atoms with Crippen LogP contribution in [-0.2, 0) is 23.1 Å². The van der Waals surface area contributed by atoms with Crippen molar-refractivity contribution >= 4 is 46.4 Å². The van der Waals surface area contributed by atoms with Crippen LogP contribution in [0.1, 0.15) is 28.3 Å². The fourth-order valence-corrected chi connectivity index (χ4v) is 4.34. The average Bonchev–Trinajstić information content (AvgIpc) is 3.26. The SMILES string of the molecule is Cn1nc(NC(=O)Cc2ccccc2Cl)c2c1NC(=O)CC2c1cccs1. The Morgan fingerprint density at radius 1 is 1.37 bits per heavy atom. The molecule has 0 bridgehead atoms. The molecule has 2 amide bonds. The molecule has 0 fully saturated rings. The minimum Gasteiger partial charge on any atom is -0.311 e. The number of aromatic nitrogens is 2. The Balaban J connectivity index is 1.65. The van der Waals surface area contributed by atoms with Crippen LogP contribution in [0, 0.1) is 0 Å². The number of carbonyl (C=O) groups is 2. The molecule has 6 nitrogen and oxygen atoms in total. The van der Waals surface area contributed by atoms with Crippen molar-refractivity contribution < 1.29 is 9.59 Å². The summed E-state index contributed by atoms with van der Waals surface area (Å²) in [4.78, 5) is 25.8. The van der Waals surface area contributed by atoms with Gasteiger partial charge in [-0.15, -0.1) is 11.3 Å². The molecular weight excluding hydrogens is 384 g/mol. The maximum atomic E-state index is 12.6. The number of hydrogen-bond acceptors (Lipinski definition) is 4. The molecule has 0 spiro atoms. The smallest absolute Gasteiger partial charge is 0.230 e. The Morgan fingerprint density at radius 2 is 2.19 bits per heavy atom. The molecule has 3 heterocycles. The van der Waals surface area contributed by atoms with Crippen LogP contribution in [0.3, 0.4) is 0 Å². The molecule has 1 aromatic carbocycles. The molecule has 27 heavy (non-hydrogen) atoms. The monoisotopic (exact) mass is 400 g/mol. The number of halogens is 1. The quantitative estimate of drug-likeness (QED) is 0.699. The third-order valence-electron chi connectivity index (χ3n) is 4.53. The third-order valence-corrected chi connectivity index (χ3v) is 5.89. The molecule has 0 saturated heterocycles. The largest absolute Gasteiger partial charge is 0.311 e. The minimum absolute atomic E-state index is 0.0576. The number of nitrogens with one attached hydrogen (secondary N) is 2. The molecule has 3 aromatic rings. The summed E-state index contributed by atoms with van der Waals surface area (Å²) >= 11 is 7.74. The Labute approximate surface area is 165 Å². The first kappa shape index (κ1) is 17.8. The number of anilines is 2. The van der Waals surface area contributed by atoms with E-state index in [0.29, 0.717) is 23.1 Å². The van der Waals surface area contributed by atoms with Crippen LogP contribution < -0.4 is 10.6 Å². The molecule has 1 aliphatic heterocycles. The van der Waals surface area contributed by atoms with Crippen molar-refractivity contribution in [2.45, 2.75) is 18.8 Å². The lowest BCUT2D eigenvalue weighted by atomic mass is 9.92. The first-order valence-corrected chi connectivity index (χ1v) is 9.72. The van der Waals surface area contributed by atoms with E-state index in [1.165, 1.54) is 0 Å². The van der Waals surface area contributed by atoms with E-state index < -0.39 is 0 Å². The molecule has 1 atom stereocenters. The van der Waals surface area contributed by atoms with Gasteiger partial charge in [0, 0.05) is 34.8 Å². The zero-order valence-electron chi connectivity index (χ0n) is 14.5. The number of nitrogens with zero attached hydrogens (tertiary/aromatic N) is 2. The number of aryl methyl sites for hydroxylation is 1. The lowest BCUT2D eigenvalue weighted by Gasteiger charge is -2.23. The number of benzene rings is 1. The zero-order valence-corrected chi connectivity index (χ0v) is 16.1. The summed E-state index contributed by atoms with van der Waals surface area (Å²) < 4.78 is 1.60. The molecule has 2 N–H and O–H groups in total. The van der Waals surface area contributed by atoms with Gasteiger partial charge in [-0.05, 0) is 23.1 Å². The molecule has 2 aromatic heterocycles. The second kappa shape index (κ2) is 7.17. The zero-order chi connectivity index (χ0) is 19.0. The average molecular weight is 401 g/mol. The first-order chi connectivity index (χ1) is 13.0. The van der Waals surface area contributed by atoms with E-state index in [4.69, 9.17) is 11.6 Å². The Kier molecular flexibility index (Phi) is 4.72. The van der Waals surface area contributed by atoms with Crippen molar-refractivity contribution in [2.24, 2.45) is 7.05 Å². The van der Waals surface area contributed by atoms with E-state index in [0.717, 1.165) is 16.0 Å². The third kappa shape index (κ3) is 3.48. The van der Waals surface area contributed by atoms with Gasteiger partial charge in [-0.3, -0.25) is 14.3 Å². The van der Waals surface area contributed by atoms with Crippen molar-refractivity contribution in [2.75, 3.05) is 10.6 Å². The predicted octanol–water partition coefficient (Wildman–Crippen LogP) is 3.79. The Hall–Kier alpha value is -2.64. The van der Waals surface area contributed by atoms with Gasteiger partial charge in [0.25, 0.3) is 0 Å². The maximum absolute atomic E-state index is 12.6. The lowest BCUT2D eigenvalue weighted by molar-refractivity contribution is -0.117. The number of rotatable bonds is 4. The second-order valence-corrected chi connectivity index (χ2v) is 7.76. The van der Waals surface area contributed by atoms with Gasteiger partial charge in [-0.25, -0.2) is 0 Å². The van der Waals surface area contributed by atoms with Gasteiger partial charge in [0.05, 0.1) is 6.42 Å². The normalized spacial score (nSPS) is 15.9. The summed E-state index contributed by atoms with van der Waals surface area (Å²) in [6.45, 7) is 0. The van der Waals surface area contributed by atoms with E-state index in [1.54, 1.807) is 29.1 Å². The van der Waals surface area contributed by atoms with E-state index in [1.807, 2.05) is 35.7 Å². The summed E-state index contributed by atoms with van der Waals surface area (Å²) in [5.41, 5.74) is 1.59. The highest BCUT2D eigenvalue weighted by Crippen LogP contribution is 2.42. The molecule has 1 aliphatic rings. The standard InChI is InChI=1S/C19H17ClN4O2S/c1-24-19-17(12(10-16(26)22-19)14-7-4-8-27-14)18(23-24)21-15(25)9-11-5-2-3-6-13(11)20/h2-8,12H,9-10H2,1H3,(H,22,26)(H,21,23,25). The van der Waals surface area contributed by atoms with Gasteiger partial charge in [0.2, 0.25) is 11.8 Å². The highest BCUT2D eigenvalue weighted by atomic mass is 35.5. The van der Waals surface area contributed by atoms with Crippen molar-refractivity contribution in [1.82, 2.24) is 9.78 Å². The van der Waals surface area contributed by atoms with Crippen molar-refractivity contribution in [3.63, 3.8) is 0 Å². The molecule has 0 aliphatic carbocycles. The van der Waals surface area contributed by atoms with Crippen molar-refractivity contribution in [3.8, 4) is 0 Å². The number of fused-ring (bicyclic) bond motifs is 1. The molecular formula is C19H17ClN4O2S. The van der Waals surface area contributed by atoms with Crippen LogP contribution in [0.15, 0.2) is 41.8 Å². The van der Waals surface area contributed by atoms with E-state index in [2.05, 4.69) is 15.7 Å². The van der Waals surface area contributed by atoms with Crippen molar-refractivity contribution in [1.29, 1.82) is 0 Å². The number of amides is 2. The fraction of sp³-hybridized carbons (Fsp3) is 0.211. The number of hydrogen-bond donors (Lipinski definition) is 2. The number of carbonyl (C=O) groups excluding carboxylic acids is 2. The van der Waals surface area contributed by atoms with E-state index >= 15 is 0 Å². The Bertz CT molecular complexity index is 1010. The maximum Gasteiger partial charge on any atom is 0.230 e. The van der Waals surface area contributed by atoms with Gasteiger partial charge in [-0.2, -0.15) is 5.10 Å². The van der Waals surface area contributed by atoms with Crippen LogP contribution in [0.25, 0.3) is 0 Å². The molecule has 1 unspecified atom stereocenters. The topological polar surface area (TPSA) is 76.0 Å². The van der Waals surface area contributed by atoms with Gasteiger partial charge in [-0.1, -0.05) is 35.9 Å². The minimum atomic E-state index is -0.203. The molecule has 0 saturated carbocycles. The van der Waals surface area contributed by atoms with Crippen LogP contribution >= 0.6 is 22.9 Å². The second-order valence-electron chi connectivity index (χ2n) is 6.37. The van der Waals surface area contributed by atoms with E-state index in [-0.39, 0.29) is 24.2 Å². The van der Waals surface area contributed by atoms with Crippen LogP contribution in [0.2, 0.25) is 5.02 Å². The van der Waals surface area contributed by atoms with Gasteiger partial charge in [0.15, 0.2) is 5.82 Å². The summed E-state index contributed by atoms with van der Waals surface area (Å²) in [7, 11) is 1.75. The van der Waals surface area contributed by atoms with E-state index in [9.17, 15) is 9.59 Å². The molecule has 8 heteroatoms. The van der Waals surface area contributed by atoms with Gasteiger partial charge >= 0.3 is 0 Å². The summed E-state index contributed by atoms with van der Waals surface area (Å²) in [5, 5.41) is 12.7. The summed E-state index contributed by atoms with van der Waals surface area (Å²) in [6.07, 6.45) is 0.480. The predicted molar refractivity (Wildman–Crippen MR) is 106 cm³/mol. The molecule has 0 radical (unpaired) electrons. The van der Waals surface area contributed by atoms with Crippen molar-refractivity contribution in [3.05, 3.63) is 62.8 Å². The van der Waals surface area contributed by atoms with Crippen LogP contribution in [-0.4, -0.2) is 21.6 Å². The first-order valence-electron chi connectivity index (χ1n) is 8.46. The highest BCUT2D eigenvalue weighted by molar-refractivity contribution is 7.10. The van der Waals surface area contributed by atoms with Gasteiger partial charge in [0.1, 0.15) is 5.82 Å². The fourth-order valence-electron chi connectivity index (χ4n) is 3.30. The highest BCUT2D eigenvalue weighted by Gasteiger charge is 2.34. The number of thiophene rings is 1. The lowest BCUT2D eigenvalue weighted by Crippen LogP contribution is -2.25.